The predicted molar refractivity (Wildman–Crippen MR) is 175 cm³/mol. The molecule has 2 nitrogen and oxygen atoms in total. The smallest absolute Gasteiger partial charge is 0.222 e. The second-order valence-electron chi connectivity index (χ2n) is 12.8. The largest absolute Gasteiger partial charge is 0.231 e. The lowest BCUT2D eigenvalue weighted by Crippen LogP contribution is -1.85. The zero-order valence-electron chi connectivity index (χ0n) is 26.9. The highest BCUT2D eigenvalue weighted by Crippen LogP contribution is 2.18. The van der Waals surface area contributed by atoms with Crippen LogP contribution in [0.15, 0.2) is 0 Å². The van der Waals surface area contributed by atoms with Crippen LogP contribution in [0.4, 0.5) is 0 Å². The monoisotopic (exact) mass is 548 g/mol. The van der Waals surface area contributed by atoms with E-state index in [0.29, 0.717) is 0 Å². The van der Waals surface area contributed by atoms with Crippen molar-refractivity contribution in [2.24, 2.45) is 0 Å². The Bertz CT molecular complexity index is 270. The van der Waals surface area contributed by atoms with Gasteiger partial charge in [-0.1, -0.05) is 231 Å². The van der Waals surface area contributed by atoms with E-state index in [2.05, 4.69) is 0 Å². The molecule has 0 aromatic carbocycles. The maximum absolute atomic E-state index is 8.35. The van der Waals surface area contributed by atoms with Gasteiger partial charge in [0.25, 0.3) is 0 Å². The minimum absolute atomic E-state index is 0.750. The molecule has 3 aliphatic rings. The van der Waals surface area contributed by atoms with Crippen LogP contribution in [-0.4, -0.2) is 6.08 Å². The molecule has 39 heavy (non-hydrogen) atoms. The van der Waals surface area contributed by atoms with Crippen LogP contribution in [0.25, 0.3) is 0 Å². The van der Waals surface area contributed by atoms with Crippen LogP contribution in [0.2, 0.25) is 0 Å². The van der Waals surface area contributed by atoms with E-state index >= 15 is 0 Å². The SMILES string of the molecule is C1CCCCCCCCCCC1.C1CCCCCCCCCCC1.C1CCCCCCCCCCC1.N=C=O. The first-order valence-corrected chi connectivity index (χ1v) is 18.5. The van der Waals surface area contributed by atoms with Crippen LogP contribution in [0.3, 0.4) is 0 Å². The summed E-state index contributed by atoms with van der Waals surface area (Å²) in [6.07, 6.45) is 54.8. The van der Waals surface area contributed by atoms with Gasteiger partial charge in [-0.05, 0) is 0 Å². The fourth-order valence-corrected chi connectivity index (χ4v) is 6.36. The van der Waals surface area contributed by atoms with Crippen LogP contribution in [-0.2, 0) is 4.79 Å². The van der Waals surface area contributed by atoms with Gasteiger partial charge in [0.2, 0.25) is 6.08 Å². The van der Waals surface area contributed by atoms with E-state index in [1.807, 2.05) is 0 Å². The van der Waals surface area contributed by atoms with Gasteiger partial charge in [-0.2, -0.15) is 0 Å². The van der Waals surface area contributed by atoms with Crippen LogP contribution in [0.1, 0.15) is 231 Å². The van der Waals surface area contributed by atoms with Crippen molar-refractivity contribution in [1.82, 2.24) is 0 Å². The van der Waals surface area contributed by atoms with Crippen molar-refractivity contribution in [2.45, 2.75) is 231 Å². The van der Waals surface area contributed by atoms with Crippen LogP contribution in [0, 0.1) is 5.41 Å². The molecule has 0 unspecified atom stereocenters. The van der Waals surface area contributed by atoms with E-state index in [1.54, 1.807) is 0 Å². The fraction of sp³-hybridized carbons (Fsp3) is 0.973. The maximum atomic E-state index is 8.35. The molecule has 0 aliphatic heterocycles. The summed E-state index contributed by atoms with van der Waals surface area (Å²) in [7, 11) is 0. The molecule has 0 bridgehead atoms. The molecule has 3 aliphatic carbocycles. The number of rotatable bonds is 0. The maximum Gasteiger partial charge on any atom is 0.231 e. The van der Waals surface area contributed by atoms with E-state index in [1.165, 1.54) is 231 Å². The van der Waals surface area contributed by atoms with Crippen molar-refractivity contribution in [3.63, 3.8) is 0 Å². The first-order valence-electron chi connectivity index (χ1n) is 18.5. The number of carbonyl (C=O) groups excluding carboxylic acids is 1. The number of nitrogens with one attached hydrogen (secondary N) is 1. The summed E-state index contributed by atoms with van der Waals surface area (Å²) >= 11 is 0. The van der Waals surface area contributed by atoms with E-state index in [-0.39, 0.29) is 0 Å². The molecular weight excluding hydrogens is 474 g/mol. The molecule has 0 aromatic rings. The second-order valence-corrected chi connectivity index (χ2v) is 12.8. The summed E-state index contributed by atoms with van der Waals surface area (Å²) in [5, 5.41) is 5.40. The molecule has 0 amide bonds. The normalized spacial score (nSPS) is 22.4. The molecule has 0 radical (unpaired) electrons. The van der Waals surface area contributed by atoms with Gasteiger partial charge in [-0.25, -0.2) is 10.2 Å². The molecule has 0 atom stereocenters. The molecule has 0 aromatic heterocycles. The van der Waals surface area contributed by atoms with Gasteiger partial charge in [0.1, 0.15) is 0 Å². The number of hydrogen-bond donors (Lipinski definition) is 1. The third-order valence-electron chi connectivity index (χ3n) is 9.00. The van der Waals surface area contributed by atoms with Crippen LogP contribution < -0.4 is 0 Å². The van der Waals surface area contributed by atoms with Gasteiger partial charge < -0.3 is 0 Å². The Morgan fingerprint density at radius 2 is 0.231 bits per heavy atom. The minimum Gasteiger partial charge on any atom is -0.222 e. The lowest BCUT2D eigenvalue weighted by molar-refractivity contribution is 0.504. The Hall–Kier alpha value is -0.620. The van der Waals surface area contributed by atoms with E-state index in [9.17, 15) is 0 Å². The molecule has 2 heteroatoms. The third-order valence-corrected chi connectivity index (χ3v) is 9.00. The molecule has 0 spiro atoms. The number of isocyanates is 1. The average Bonchev–Trinajstić information content (AvgIpc) is 2.91. The highest BCUT2D eigenvalue weighted by molar-refractivity contribution is 5.26. The summed E-state index contributed by atoms with van der Waals surface area (Å²) in [6, 6.07) is 0. The van der Waals surface area contributed by atoms with Crippen LogP contribution >= 0.6 is 0 Å². The summed E-state index contributed by atoms with van der Waals surface area (Å²) in [6.45, 7) is 0. The predicted octanol–water partition coefficient (Wildman–Crippen LogP) is 13.9. The molecule has 0 heterocycles. The molecule has 0 saturated heterocycles. The second kappa shape index (κ2) is 37.4. The Labute approximate surface area is 247 Å². The summed E-state index contributed by atoms with van der Waals surface area (Å²) < 4.78 is 0. The van der Waals surface area contributed by atoms with E-state index in [4.69, 9.17) is 10.2 Å². The van der Waals surface area contributed by atoms with Gasteiger partial charge in [-0.15, -0.1) is 0 Å². The van der Waals surface area contributed by atoms with E-state index < -0.39 is 0 Å². The van der Waals surface area contributed by atoms with Gasteiger partial charge in [0.15, 0.2) is 0 Å². The summed E-state index contributed by atoms with van der Waals surface area (Å²) in [5.74, 6) is 0. The van der Waals surface area contributed by atoms with Gasteiger partial charge in [0, 0.05) is 0 Å². The van der Waals surface area contributed by atoms with Gasteiger partial charge in [-0.3, -0.25) is 0 Å². The first kappa shape index (κ1) is 38.4. The van der Waals surface area contributed by atoms with Crippen LogP contribution in [0.5, 0.6) is 0 Å². The topological polar surface area (TPSA) is 40.9 Å². The standard InChI is InChI=1S/3C12H24.CHNO/c3*1-2-4-6-8-10-12-11-9-7-5-3-1;2-1-3/h3*1-12H2;2H. The Morgan fingerprint density at radius 1 is 0.205 bits per heavy atom. The lowest BCUT2D eigenvalue weighted by Gasteiger charge is -2.05. The van der Waals surface area contributed by atoms with Crippen molar-refractivity contribution >= 4 is 6.08 Å². The van der Waals surface area contributed by atoms with Gasteiger partial charge in [0.05, 0.1) is 0 Å². The lowest BCUT2D eigenvalue weighted by atomic mass is 10.0. The third kappa shape index (κ3) is 37.4. The number of hydrogen-bond acceptors (Lipinski definition) is 2. The molecule has 3 fully saturated rings. The molecule has 3 saturated carbocycles. The quantitative estimate of drug-likeness (QED) is 0.238. The Morgan fingerprint density at radius 3 is 0.256 bits per heavy atom. The summed E-state index contributed by atoms with van der Waals surface area (Å²) in [4.78, 5) is 8.35. The van der Waals surface area contributed by atoms with E-state index in [0.717, 1.165) is 6.08 Å². The summed E-state index contributed by atoms with van der Waals surface area (Å²) in [5.41, 5.74) is 0. The Balaban J connectivity index is 0.000000528. The molecule has 3 rings (SSSR count). The first-order chi connectivity index (χ1) is 19.4. The zero-order chi connectivity index (χ0) is 28.2. The zero-order valence-corrected chi connectivity index (χ0v) is 26.9. The minimum atomic E-state index is 0.750. The van der Waals surface area contributed by atoms with Crippen molar-refractivity contribution in [1.29, 1.82) is 5.41 Å². The van der Waals surface area contributed by atoms with Crippen molar-refractivity contribution in [2.75, 3.05) is 0 Å². The molecule has 1 N–H and O–H groups in total. The average molecular weight is 548 g/mol. The van der Waals surface area contributed by atoms with Crippen molar-refractivity contribution in [3.8, 4) is 0 Å². The van der Waals surface area contributed by atoms with Crippen molar-refractivity contribution < 1.29 is 4.79 Å². The molecule has 232 valence electrons. The van der Waals surface area contributed by atoms with Gasteiger partial charge >= 0.3 is 0 Å². The highest BCUT2D eigenvalue weighted by atomic mass is 16.1. The van der Waals surface area contributed by atoms with Crippen molar-refractivity contribution in [3.05, 3.63) is 0 Å². The molecular formula is C37H73NO. The highest BCUT2D eigenvalue weighted by Gasteiger charge is 1.98. The Kier molecular flexibility index (Phi) is 36.8. The fourth-order valence-electron chi connectivity index (χ4n) is 6.36.